The number of morpholine rings is 1. The molecule has 1 saturated heterocycles. The average Bonchev–Trinajstić information content (AvgIpc) is 2.67. The summed E-state index contributed by atoms with van der Waals surface area (Å²) in [7, 11) is 2.97. The van der Waals surface area contributed by atoms with E-state index in [1.54, 1.807) is 6.92 Å². The number of hydrogen-bond donors (Lipinski definition) is 1. The fraction of sp³-hybridized carbons (Fsp3) is 0.588. The first-order valence-corrected chi connectivity index (χ1v) is 8.51. The molecule has 1 unspecified atom stereocenters. The van der Waals surface area contributed by atoms with E-state index in [0.717, 1.165) is 12.1 Å². The molecule has 1 heterocycles. The highest BCUT2D eigenvalue weighted by Crippen LogP contribution is 2.39. The van der Waals surface area contributed by atoms with Gasteiger partial charge in [-0.2, -0.15) is 4.39 Å². The van der Waals surface area contributed by atoms with E-state index in [4.69, 9.17) is 14.2 Å². The molecule has 1 aliphatic rings. The molecule has 1 aliphatic heterocycles. The van der Waals surface area contributed by atoms with Gasteiger partial charge in [0.15, 0.2) is 0 Å². The number of nitrogens with one attached hydrogen (secondary N) is 1. The summed E-state index contributed by atoms with van der Waals surface area (Å²) in [6.07, 6.45) is 0. The van der Waals surface area contributed by atoms with Gasteiger partial charge in [-0.05, 0) is 6.92 Å². The Balaban J connectivity index is 2.61. The Morgan fingerprint density at radius 3 is 2.63 bits per heavy atom. The van der Waals surface area contributed by atoms with Gasteiger partial charge in [-0.15, -0.1) is 0 Å². The predicted molar refractivity (Wildman–Crippen MR) is 94.2 cm³/mol. The van der Waals surface area contributed by atoms with Gasteiger partial charge >= 0.3 is 5.69 Å². The smallest absolute Gasteiger partial charge is 0.305 e. The Morgan fingerprint density at radius 1 is 1.41 bits per heavy atom. The van der Waals surface area contributed by atoms with Crippen LogP contribution in [0.15, 0.2) is 12.1 Å². The van der Waals surface area contributed by atoms with E-state index in [1.165, 1.54) is 14.2 Å². The number of benzene rings is 1. The normalized spacial score (nSPS) is 17.2. The second-order valence-corrected chi connectivity index (χ2v) is 6.15. The molecule has 0 aliphatic carbocycles. The number of hydrogen-bond acceptors (Lipinski definition) is 7. The lowest BCUT2D eigenvalue weighted by atomic mass is 9.87. The predicted octanol–water partition coefficient (Wildman–Crippen LogP) is 1.05. The van der Waals surface area contributed by atoms with Crippen LogP contribution in [-0.2, 0) is 19.8 Å². The third kappa shape index (κ3) is 4.34. The molecule has 1 aromatic carbocycles. The van der Waals surface area contributed by atoms with Crippen molar-refractivity contribution in [1.82, 2.24) is 10.2 Å². The number of rotatable bonds is 8. The highest BCUT2D eigenvalue weighted by molar-refractivity contribution is 5.88. The number of nitrogens with zero attached hydrogens (tertiary/aromatic N) is 2. The van der Waals surface area contributed by atoms with Gasteiger partial charge in [-0.3, -0.25) is 19.8 Å². The number of methoxy groups -OCH3 is 1. The fourth-order valence-corrected chi connectivity index (χ4v) is 3.11. The van der Waals surface area contributed by atoms with Gasteiger partial charge in [0.25, 0.3) is 0 Å². The first-order chi connectivity index (χ1) is 12.9. The van der Waals surface area contributed by atoms with E-state index in [-0.39, 0.29) is 30.4 Å². The van der Waals surface area contributed by atoms with E-state index in [1.807, 2.05) is 4.90 Å². The molecule has 1 fully saturated rings. The molecule has 0 radical (unpaired) electrons. The minimum Gasteiger partial charge on any atom is -0.491 e. The maximum atomic E-state index is 14.2. The van der Waals surface area contributed by atoms with Crippen molar-refractivity contribution < 1.29 is 28.3 Å². The number of nitro benzene ring substituents is 1. The van der Waals surface area contributed by atoms with Gasteiger partial charge in [0.2, 0.25) is 11.7 Å². The maximum absolute atomic E-state index is 14.2. The Hall–Kier alpha value is -2.30. The summed E-state index contributed by atoms with van der Waals surface area (Å²) in [6, 6.07) is 2.02. The van der Waals surface area contributed by atoms with Crippen molar-refractivity contribution in [2.45, 2.75) is 12.5 Å². The number of carbonyl (C=O) groups excluding carboxylic acids is 1. The van der Waals surface area contributed by atoms with Crippen LogP contribution in [0.4, 0.5) is 10.1 Å². The minimum absolute atomic E-state index is 0.0627. The van der Waals surface area contributed by atoms with Crippen LogP contribution in [-0.4, -0.2) is 69.4 Å². The molecule has 0 spiro atoms. The zero-order valence-corrected chi connectivity index (χ0v) is 15.6. The third-order valence-corrected chi connectivity index (χ3v) is 4.63. The molecule has 1 atom stereocenters. The van der Waals surface area contributed by atoms with Crippen LogP contribution >= 0.6 is 0 Å². The highest BCUT2D eigenvalue weighted by atomic mass is 19.1. The van der Waals surface area contributed by atoms with Crippen molar-refractivity contribution in [3.05, 3.63) is 33.6 Å². The van der Waals surface area contributed by atoms with Gasteiger partial charge < -0.3 is 19.5 Å². The lowest BCUT2D eigenvalue weighted by molar-refractivity contribution is -0.387. The minimum atomic E-state index is -1.31. The van der Waals surface area contributed by atoms with Gasteiger partial charge in [0.1, 0.15) is 17.9 Å². The van der Waals surface area contributed by atoms with Crippen molar-refractivity contribution in [1.29, 1.82) is 0 Å². The molecule has 9 nitrogen and oxygen atoms in total. The molecule has 27 heavy (non-hydrogen) atoms. The van der Waals surface area contributed by atoms with Crippen LogP contribution in [0.25, 0.3) is 0 Å². The summed E-state index contributed by atoms with van der Waals surface area (Å²) in [5.74, 6) is -1.35. The van der Waals surface area contributed by atoms with Gasteiger partial charge in [-0.25, -0.2) is 0 Å². The van der Waals surface area contributed by atoms with Crippen molar-refractivity contribution in [3.63, 3.8) is 0 Å². The number of halogens is 1. The quantitative estimate of drug-likeness (QED) is 0.405. The standard InChI is InChI=1S/C17H24FN3O6/c1-17(16(22)19-2,20-4-6-26-7-5-20)12-10-14(21(23)24)13(18)11-15(12)27-9-8-25-3/h10-11H,4-9H2,1-3H3,(H,19,22). The molecule has 0 aromatic heterocycles. The van der Waals surface area contributed by atoms with Gasteiger partial charge in [0, 0.05) is 44.9 Å². The second-order valence-electron chi connectivity index (χ2n) is 6.15. The zero-order chi connectivity index (χ0) is 20.0. The third-order valence-electron chi connectivity index (χ3n) is 4.63. The fourth-order valence-electron chi connectivity index (χ4n) is 3.11. The first-order valence-electron chi connectivity index (χ1n) is 8.51. The Morgan fingerprint density at radius 2 is 2.07 bits per heavy atom. The zero-order valence-electron chi connectivity index (χ0n) is 15.6. The molecule has 2 rings (SSSR count). The summed E-state index contributed by atoms with van der Waals surface area (Å²) >= 11 is 0. The van der Waals surface area contributed by atoms with Crippen molar-refractivity contribution >= 4 is 11.6 Å². The van der Waals surface area contributed by atoms with Gasteiger partial charge in [-0.1, -0.05) is 0 Å². The van der Waals surface area contributed by atoms with E-state index in [2.05, 4.69) is 5.32 Å². The Kier molecular flexibility index (Phi) is 7.05. The molecule has 1 N–H and O–H groups in total. The van der Waals surface area contributed by atoms with Crippen LogP contribution in [0.5, 0.6) is 5.75 Å². The van der Waals surface area contributed by atoms with Crippen LogP contribution in [0.2, 0.25) is 0 Å². The highest BCUT2D eigenvalue weighted by Gasteiger charge is 2.44. The van der Waals surface area contributed by atoms with Crippen LogP contribution in [0.3, 0.4) is 0 Å². The SMILES string of the molecule is CNC(=O)C(C)(c1cc([N+](=O)[O-])c(F)cc1OCCOC)N1CCOCC1. The maximum Gasteiger partial charge on any atom is 0.305 e. The number of likely N-dealkylation sites (N-methyl/N-ethyl adjacent to an activating group) is 1. The largest absolute Gasteiger partial charge is 0.491 e. The lowest BCUT2D eigenvalue weighted by Gasteiger charge is -2.42. The number of carbonyl (C=O) groups is 1. The molecular formula is C17H24FN3O6. The number of ether oxygens (including phenoxy) is 3. The summed E-state index contributed by atoms with van der Waals surface area (Å²) in [5, 5.41) is 13.9. The van der Waals surface area contributed by atoms with E-state index < -0.39 is 22.0 Å². The van der Waals surface area contributed by atoms with E-state index in [0.29, 0.717) is 26.3 Å². The molecular weight excluding hydrogens is 361 g/mol. The van der Waals surface area contributed by atoms with E-state index in [9.17, 15) is 19.3 Å². The Bertz CT molecular complexity index is 695. The number of amides is 1. The molecule has 0 saturated carbocycles. The van der Waals surface area contributed by atoms with Gasteiger partial charge in [0.05, 0.1) is 24.7 Å². The van der Waals surface area contributed by atoms with Crippen molar-refractivity contribution in [3.8, 4) is 5.75 Å². The Labute approximate surface area is 156 Å². The summed E-state index contributed by atoms with van der Waals surface area (Å²) in [5.41, 5.74) is -1.81. The topological polar surface area (TPSA) is 103 Å². The summed E-state index contributed by atoms with van der Waals surface area (Å²) in [4.78, 5) is 25.1. The van der Waals surface area contributed by atoms with Crippen molar-refractivity contribution in [2.75, 3.05) is 53.7 Å². The van der Waals surface area contributed by atoms with Crippen LogP contribution < -0.4 is 10.1 Å². The van der Waals surface area contributed by atoms with Crippen LogP contribution in [0.1, 0.15) is 12.5 Å². The average molecular weight is 385 g/mol. The first kappa shape index (κ1) is 21.0. The summed E-state index contributed by atoms with van der Waals surface area (Å²) in [6.45, 7) is 3.68. The van der Waals surface area contributed by atoms with E-state index >= 15 is 0 Å². The molecule has 10 heteroatoms. The molecule has 150 valence electrons. The second kappa shape index (κ2) is 9.07. The molecule has 1 aromatic rings. The van der Waals surface area contributed by atoms with Crippen LogP contribution in [0, 0.1) is 15.9 Å². The number of nitro groups is 1. The molecule has 0 bridgehead atoms. The van der Waals surface area contributed by atoms with Crippen molar-refractivity contribution in [2.24, 2.45) is 0 Å². The lowest BCUT2D eigenvalue weighted by Crippen LogP contribution is -2.57. The molecule has 1 amide bonds. The summed E-state index contributed by atoms with van der Waals surface area (Å²) < 4.78 is 30.1. The monoisotopic (exact) mass is 385 g/mol.